The SMILES string of the molecule is Cc1nc(C(=O)NCCCN2CCN(c3cccc(Cl)c3Cl)CC2)c(C)n1-c1ccccc1Cl.Cl.Cl.Cl.Cl.Cl. The Bertz CT molecular complexity index is 1190. The van der Waals surface area contributed by atoms with Crippen molar-refractivity contribution in [2.75, 3.05) is 44.2 Å². The number of piperazine rings is 1. The Morgan fingerprint density at radius 2 is 1.44 bits per heavy atom. The number of amides is 1. The van der Waals surface area contributed by atoms with Crippen molar-refractivity contribution in [3.63, 3.8) is 0 Å². The van der Waals surface area contributed by atoms with Crippen LogP contribution in [-0.2, 0) is 0 Å². The van der Waals surface area contributed by atoms with Crippen molar-refractivity contribution >= 4 is 108 Å². The van der Waals surface area contributed by atoms with E-state index in [2.05, 4.69) is 20.1 Å². The van der Waals surface area contributed by atoms with Crippen molar-refractivity contribution in [3.8, 4) is 5.69 Å². The van der Waals surface area contributed by atoms with E-state index in [-0.39, 0.29) is 67.9 Å². The molecule has 1 saturated heterocycles. The Hall–Kier alpha value is -0.800. The maximum absolute atomic E-state index is 12.8. The van der Waals surface area contributed by atoms with Gasteiger partial charge in [0.05, 0.1) is 32.1 Å². The molecule has 6 nitrogen and oxygen atoms in total. The van der Waals surface area contributed by atoms with Crippen LogP contribution in [0.15, 0.2) is 42.5 Å². The molecule has 0 atom stereocenters. The summed E-state index contributed by atoms with van der Waals surface area (Å²) in [7, 11) is 0. The second kappa shape index (κ2) is 18.6. The lowest BCUT2D eigenvalue weighted by molar-refractivity contribution is 0.0946. The van der Waals surface area contributed by atoms with Crippen LogP contribution in [0, 0.1) is 13.8 Å². The highest BCUT2D eigenvalue weighted by atomic mass is 35.5. The van der Waals surface area contributed by atoms with Crippen LogP contribution in [0.25, 0.3) is 5.69 Å². The number of halogens is 8. The normalized spacial score (nSPS) is 12.6. The van der Waals surface area contributed by atoms with Crippen LogP contribution < -0.4 is 10.2 Å². The first kappa shape index (κ1) is 40.3. The predicted molar refractivity (Wildman–Crippen MR) is 176 cm³/mol. The summed E-state index contributed by atoms with van der Waals surface area (Å²) < 4.78 is 1.92. The zero-order chi connectivity index (χ0) is 24.2. The molecule has 2 heterocycles. The number of imidazole rings is 1. The van der Waals surface area contributed by atoms with Crippen molar-refractivity contribution in [1.82, 2.24) is 19.8 Å². The Labute approximate surface area is 276 Å². The Kier molecular flexibility index (Phi) is 19.2. The summed E-state index contributed by atoms with van der Waals surface area (Å²) in [6, 6.07) is 13.3. The molecule has 220 valence electrons. The molecule has 14 heteroatoms. The quantitative estimate of drug-likeness (QED) is 0.259. The smallest absolute Gasteiger partial charge is 0.271 e. The van der Waals surface area contributed by atoms with Crippen molar-refractivity contribution < 1.29 is 4.79 Å². The van der Waals surface area contributed by atoms with Gasteiger partial charge in [0.2, 0.25) is 0 Å². The van der Waals surface area contributed by atoms with Crippen LogP contribution >= 0.6 is 96.8 Å². The average molecular weight is 703 g/mol. The Morgan fingerprint density at radius 3 is 2.08 bits per heavy atom. The van der Waals surface area contributed by atoms with Gasteiger partial charge < -0.3 is 10.2 Å². The Balaban J connectivity index is 0. The van der Waals surface area contributed by atoms with E-state index in [0.717, 1.165) is 62.0 Å². The van der Waals surface area contributed by atoms with Gasteiger partial charge in [-0.05, 0) is 51.1 Å². The lowest BCUT2D eigenvalue weighted by Crippen LogP contribution is -2.47. The maximum atomic E-state index is 12.8. The number of rotatable bonds is 7. The van der Waals surface area contributed by atoms with Crippen LogP contribution in [-0.4, -0.2) is 59.6 Å². The number of benzene rings is 2. The standard InChI is InChI=1S/C25H28Cl3N5O.5ClH/c1-17-24(30-18(2)33(17)21-9-4-3-7-19(21)26)25(34)29-11-6-12-31-13-15-32(16-14-31)22-10-5-8-20(27)23(22)28;;;;;/h3-5,7-10H,6,11-16H2,1-2H3,(H,29,34);5*1H. The average Bonchev–Trinajstić information content (AvgIpc) is 3.13. The maximum Gasteiger partial charge on any atom is 0.271 e. The monoisotopic (exact) mass is 699 g/mol. The fourth-order valence-corrected chi connectivity index (χ4v) is 5.02. The summed E-state index contributed by atoms with van der Waals surface area (Å²) >= 11 is 18.9. The molecule has 1 amide bonds. The van der Waals surface area contributed by atoms with E-state index >= 15 is 0 Å². The summed E-state index contributed by atoms with van der Waals surface area (Å²) in [6.45, 7) is 8.96. The zero-order valence-corrected chi connectivity index (χ0v) is 27.7. The molecule has 39 heavy (non-hydrogen) atoms. The number of hydrogen-bond acceptors (Lipinski definition) is 4. The number of anilines is 1. The number of para-hydroxylation sites is 1. The second-order valence-electron chi connectivity index (χ2n) is 8.39. The molecule has 0 aliphatic carbocycles. The molecule has 1 N–H and O–H groups in total. The van der Waals surface area contributed by atoms with Crippen LogP contribution in [0.4, 0.5) is 5.69 Å². The van der Waals surface area contributed by atoms with E-state index in [1.54, 1.807) is 0 Å². The van der Waals surface area contributed by atoms with Gasteiger partial charge in [-0.1, -0.05) is 53.0 Å². The number of carbonyl (C=O) groups excluding carboxylic acids is 1. The summed E-state index contributed by atoms with van der Waals surface area (Å²) in [5.74, 6) is 0.570. The van der Waals surface area contributed by atoms with Crippen LogP contribution in [0.3, 0.4) is 0 Å². The van der Waals surface area contributed by atoms with Gasteiger partial charge in [0.25, 0.3) is 5.91 Å². The summed E-state index contributed by atoms with van der Waals surface area (Å²) in [5, 5.41) is 4.84. The second-order valence-corrected chi connectivity index (χ2v) is 9.58. The van der Waals surface area contributed by atoms with E-state index in [4.69, 9.17) is 34.8 Å². The van der Waals surface area contributed by atoms with Gasteiger partial charge in [0.15, 0.2) is 0 Å². The number of hydrogen-bond donors (Lipinski definition) is 1. The topological polar surface area (TPSA) is 53.4 Å². The van der Waals surface area contributed by atoms with Crippen LogP contribution in [0.1, 0.15) is 28.4 Å². The molecule has 1 aromatic heterocycles. The van der Waals surface area contributed by atoms with Crippen LogP contribution in [0.5, 0.6) is 0 Å². The molecular weight excluding hydrogens is 670 g/mol. The first-order valence-corrected chi connectivity index (χ1v) is 12.5. The molecule has 0 bridgehead atoms. The molecule has 4 rings (SSSR count). The largest absolute Gasteiger partial charge is 0.368 e. The highest BCUT2D eigenvalue weighted by molar-refractivity contribution is 6.43. The first-order valence-electron chi connectivity index (χ1n) is 11.4. The van der Waals surface area contributed by atoms with E-state index in [1.165, 1.54) is 0 Å². The van der Waals surface area contributed by atoms with Gasteiger partial charge in [0.1, 0.15) is 11.5 Å². The third kappa shape index (κ3) is 9.63. The van der Waals surface area contributed by atoms with E-state index in [1.807, 2.05) is 60.9 Å². The molecule has 0 radical (unpaired) electrons. The molecule has 1 aliphatic heterocycles. The lowest BCUT2D eigenvalue weighted by atomic mass is 10.2. The van der Waals surface area contributed by atoms with Crippen molar-refractivity contribution in [3.05, 3.63) is 74.7 Å². The predicted octanol–water partition coefficient (Wildman–Crippen LogP) is 7.50. The zero-order valence-electron chi connectivity index (χ0n) is 21.4. The Morgan fingerprint density at radius 1 is 0.846 bits per heavy atom. The molecule has 0 spiro atoms. The molecule has 2 aromatic carbocycles. The number of carbonyl (C=O) groups is 1. The van der Waals surface area contributed by atoms with Gasteiger partial charge in [-0.3, -0.25) is 14.3 Å². The fourth-order valence-electron chi connectivity index (χ4n) is 4.38. The molecule has 3 aromatic rings. The third-order valence-corrected chi connectivity index (χ3v) is 7.29. The van der Waals surface area contributed by atoms with Gasteiger partial charge in [-0.2, -0.15) is 0 Å². The van der Waals surface area contributed by atoms with Gasteiger partial charge in [-0.15, -0.1) is 62.0 Å². The number of nitrogens with zero attached hydrogens (tertiary/aromatic N) is 4. The van der Waals surface area contributed by atoms with Crippen molar-refractivity contribution in [2.24, 2.45) is 0 Å². The molecular formula is C25H33Cl8N5O. The molecule has 0 saturated carbocycles. The first-order chi connectivity index (χ1) is 16.4. The van der Waals surface area contributed by atoms with E-state index < -0.39 is 0 Å². The third-order valence-electron chi connectivity index (χ3n) is 6.16. The minimum absolute atomic E-state index is 0. The minimum atomic E-state index is -0.160. The highest BCUT2D eigenvalue weighted by Gasteiger charge is 2.21. The van der Waals surface area contributed by atoms with E-state index in [0.29, 0.717) is 27.3 Å². The minimum Gasteiger partial charge on any atom is -0.368 e. The number of nitrogens with one attached hydrogen (secondary N) is 1. The van der Waals surface area contributed by atoms with Gasteiger partial charge in [0, 0.05) is 32.7 Å². The van der Waals surface area contributed by atoms with Crippen molar-refractivity contribution in [2.45, 2.75) is 20.3 Å². The van der Waals surface area contributed by atoms with E-state index in [9.17, 15) is 4.79 Å². The van der Waals surface area contributed by atoms with Gasteiger partial charge in [-0.25, -0.2) is 4.98 Å². The van der Waals surface area contributed by atoms with Crippen molar-refractivity contribution in [1.29, 1.82) is 0 Å². The summed E-state index contributed by atoms with van der Waals surface area (Å²) in [5.41, 5.74) is 3.02. The number of aromatic nitrogens is 2. The van der Waals surface area contributed by atoms with Crippen LogP contribution in [0.2, 0.25) is 15.1 Å². The number of aryl methyl sites for hydroxylation is 1. The molecule has 1 fully saturated rings. The molecule has 1 aliphatic rings. The summed E-state index contributed by atoms with van der Waals surface area (Å²) in [4.78, 5) is 22.0. The molecule has 0 unspecified atom stereocenters. The summed E-state index contributed by atoms with van der Waals surface area (Å²) in [6.07, 6.45) is 0.868. The van der Waals surface area contributed by atoms with Gasteiger partial charge >= 0.3 is 0 Å². The highest BCUT2D eigenvalue weighted by Crippen LogP contribution is 2.33. The lowest BCUT2D eigenvalue weighted by Gasteiger charge is -2.36. The fraction of sp³-hybridized carbons (Fsp3) is 0.360.